The number of ether oxygens (including phenoxy) is 4. The van der Waals surface area contributed by atoms with Crippen LogP contribution in [0.3, 0.4) is 0 Å². The van der Waals surface area contributed by atoms with Gasteiger partial charge in [0.1, 0.15) is 5.75 Å². The van der Waals surface area contributed by atoms with Gasteiger partial charge >= 0.3 is 5.97 Å². The quantitative estimate of drug-likeness (QED) is 0.681. The highest BCUT2D eigenvalue weighted by Gasteiger charge is 2.14. The van der Waals surface area contributed by atoms with Crippen molar-refractivity contribution in [2.24, 2.45) is 0 Å². The van der Waals surface area contributed by atoms with Crippen molar-refractivity contribution in [3.8, 4) is 17.2 Å². The lowest BCUT2D eigenvalue weighted by atomic mass is 9.87. The summed E-state index contributed by atoms with van der Waals surface area (Å²) in [5.41, 5.74) is 1.71. The third-order valence-corrected chi connectivity index (χ3v) is 4.11. The van der Waals surface area contributed by atoms with E-state index in [1.807, 2.05) is 12.1 Å². The summed E-state index contributed by atoms with van der Waals surface area (Å²) in [4.78, 5) is 23.8. The summed E-state index contributed by atoms with van der Waals surface area (Å²) in [6.45, 7) is 5.66. The molecule has 0 atom stereocenters. The van der Waals surface area contributed by atoms with Crippen LogP contribution in [0.25, 0.3) is 0 Å². The standard InChI is InChI=1S/C22H27NO6/c1-22(2,3)15-6-9-17(10-7-15)28-14-21(25)29-13-20(24)23-16-8-11-18(26-4)19(12-16)27-5/h6-12H,13-14H2,1-5H3,(H,23,24). The van der Waals surface area contributed by atoms with Crippen LogP contribution in [0.5, 0.6) is 17.2 Å². The first kappa shape index (κ1) is 22.1. The van der Waals surface area contributed by atoms with Crippen LogP contribution >= 0.6 is 0 Å². The van der Waals surface area contributed by atoms with Crippen molar-refractivity contribution in [3.63, 3.8) is 0 Å². The van der Waals surface area contributed by atoms with Crippen molar-refractivity contribution in [1.29, 1.82) is 0 Å². The van der Waals surface area contributed by atoms with Gasteiger partial charge in [-0.25, -0.2) is 4.79 Å². The van der Waals surface area contributed by atoms with E-state index < -0.39 is 18.5 Å². The molecular formula is C22H27NO6. The minimum atomic E-state index is -0.632. The Kier molecular flexibility index (Phi) is 7.47. The lowest BCUT2D eigenvalue weighted by Crippen LogP contribution is -2.23. The molecule has 0 saturated heterocycles. The number of carbonyl (C=O) groups is 2. The van der Waals surface area contributed by atoms with Crippen LogP contribution < -0.4 is 19.5 Å². The van der Waals surface area contributed by atoms with Crippen LogP contribution in [0.4, 0.5) is 5.69 Å². The van der Waals surface area contributed by atoms with Gasteiger partial charge in [0.15, 0.2) is 24.7 Å². The minimum Gasteiger partial charge on any atom is -0.493 e. The molecule has 2 aromatic carbocycles. The van der Waals surface area contributed by atoms with Crippen LogP contribution in [-0.4, -0.2) is 39.3 Å². The Labute approximate surface area is 170 Å². The van der Waals surface area contributed by atoms with E-state index >= 15 is 0 Å². The van der Waals surface area contributed by atoms with Gasteiger partial charge in [0.05, 0.1) is 14.2 Å². The third kappa shape index (κ3) is 6.71. The van der Waals surface area contributed by atoms with Gasteiger partial charge in [-0.1, -0.05) is 32.9 Å². The monoisotopic (exact) mass is 401 g/mol. The number of nitrogens with one attached hydrogen (secondary N) is 1. The van der Waals surface area contributed by atoms with Crippen molar-refractivity contribution < 1.29 is 28.5 Å². The number of amides is 1. The SMILES string of the molecule is COc1ccc(NC(=O)COC(=O)COc2ccc(C(C)(C)C)cc2)cc1OC. The Balaban J connectivity index is 1.78. The van der Waals surface area contributed by atoms with Gasteiger partial charge in [-0.2, -0.15) is 0 Å². The molecule has 7 nitrogen and oxygen atoms in total. The molecule has 0 aliphatic rings. The van der Waals surface area contributed by atoms with Crippen LogP contribution in [0.15, 0.2) is 42.5 Å². The Hall–Kier alpha value is -3.22. The van der Waals surface area contributed by atoms with Crippen LogP contribution in [0.2, 0.25) is 0 Å². The lowest BCUT2D eigenvalue weighted by molar-refractivity contribution is -0.149. The highest BCUT2D eigenvalue weighted by atomic mass is 16.6. The molecule has 2 aromatic rings. The zero-order chi connectivity index (χ0) is 21.4. The Bertz CT molecular complexity index is 839. The van der Waals surface area contributed by atoms with Crippen molar-refractivity contribution in [2.75, 3.05) is 32.8 Å². The summed E-state index contributed by atoms with van der Waals surface area (Å²) in [6.07, 6.45) is 0. The molecule has 0 saturated carbocycles. The Morgan fingerprint density at radius 2 is 1.55 bits per heavy atom. The second-order valence-corrected chi connectivity index (χ2v) is 7.34. The smallest absolute Gasteiger partial charge is 0.344 e. The lowest BCUT2D eigenvalue weighted by Gasteiger charge is -2.19. The van der Waals surface area contributed by atoms with Crippen molar-refractivity contribution in [2.45, 2.75) is 26.2 Å². The fourth-order valence-corrected chi connectivity index (χ4v) is 2.49. The van der Waals surface area contributed by atoms with Crippen LogP contribution in [-0.2, 0) is 19.7 Å². The first-order chi connectivity index (χ1) is 13.7. The molecule has 0 spiro atoms. The maximum absolute atomic E-state index is 12.0. The number of anilines is 1. The second kappa shape index (κ2) is 9.82. The molecule has 29 heavy (non-hydrogen) atoms. The predicted molar refractivity (Wildman–Crippen MR) is 110 cm³/mol. The van der Waals surface area contributed by atoms with Gasteiger partial charge in [0.2, 0.25) is 0 Å². The zero-order valence-electron chi connectivity index (χ0n) is 17.4. The normalized spacial score (nSPS) is 10.8. The van der Waals surface area contributed by atoms with Crippen molar-refractivity contribution >= 4 is 17.6 Å². The maximum Gasteiger partial charge on any atom is 0.344 e. The van der Waals surface area contributed by atoms with Gasteiger partial charge in [-0.3, -0.25) is 4.79 Å². The molecule has 0 radical (unpaired) electrons. The second-order valence-electron chi connectivity index (χ2n) is 7.34. The van der Waals surface area contributed by atoms with Gasteiger partial charge < -0.3 is 24.3 Å². The molecule has 0 aliphatic heterocycles. The van der Waals surface area contributed by atoms with Gasteiger partial charge in [0.25, 0.3) is 5.91 Å². The van der Waals surface area contributed by atoms with Crippen molar-refractivity contribution in [3.05, 3.63) is 48.0 Å². The summed E-state index contributed by atoms with van der Waals surface area (Å²) in [5, 5.41) is 2.62. The molecule has 0 bridgehead atoms. The van der Waals surface area contributed by atoms with Crippen molar-refractivity contribution in [1.82, 2.24) is 0 Å². The molecule has 0 unspecified atom stereocenters. The number of methoxy groups -OCH3 is 2. The van der Waals surface area contributed by atoms with E-state index in [0.717, 1.165) is 0 Å². The van der Waals surface area contributed by atoms with E-state index in [0.29, 0.717) is 22.9 Å². The minimum absolute atomic E-state index is 0.0404. The van der Waals surface area contributed by atoms with E-state index in [1.165, 1.54) is 19.8 Å². The molecule has 1 N–H and O–H groups in total. The van der Waals surface area contributed by atoms with E-state index in [1.54, 1.807) is 30.3 Å². The summed E-state index contributed by atoms with van der Waals surface area (Å²) in [5.74, 6) is 0.481. The first-order valence-electron chi connectivity index (χ1n) is 9.14. The molecule has 0 heterocycles. The zero-order valence-corrected chi connectivity index (χ0v) is 17.4. The highest BCUT2D eigenvalue weighted by molar-refractivity contribution is 5.93. The number of hydrogen-bond acceptors (Lipinski definition) is 6. The third-order valence-electron chi connectivity index (χ3n) is 4.11. The van der Waals surface area contributed by atoms with E-state index in [2.05, 4.69) is 26.1 Å². The summed E-state index contributed by atoms with van der Waals surface area (Å²) >= 11 is 0. The van der Waals surface area contributed by atoms with Crippen LogP contribution in [0.1, 0.15) is 26.3 Å². The fourth-order valence-electron chi connectivity index (χ4n) is 2.49. The Morgan fingerprint density at radius 3 is 2.14 bits per heavy atom. The average Bonchev–Trinajstić information content (AvgIpc) is 2.70. The number of hydrogen-bond donors (Lipinski definition) is 1. The van der Waals surface area contributed by atoms with Gasteiger partial charge in [-0.05, 0) is 35.2 Å². The molecule has 0 aromatic heterocycles. The van der Waals surface area contributed by atoms with E-state index in [9.17, 15) is 9.59 Å². The van der Waals surface area contributed by atoms with Gasteiger partial charge in [0, 0.05) is 11.8 Å². The maximum atomic E-state index is 12.0. The first-order valence-corrected chi connectivity index (χ1v) is 9.14. The fraction of sp³-hybridized carbons (Fsp3) is 0.364. The molecule has 0 fully saturated rings. The predicted octanol–water partition coefficient (Wildman–Crippen LogP) is 3.56. The molecule has 1 amide bonds. The summed E-state index contributed by atoms with van der Waals surface area (Å²) < 4.78 is 20.7. The number of rotatable bonds is 8. The summed E-state index contributed by atoms with van der Waals surface area (Å²) in [7, 11) is 3.03. The number of carbonyl (C=O) groups excluding carboxylic acids is 2. The topological polar surface area (TPSA) is 83.1 Å². The summed E-state index contributed by atoms with van der Waals surface area (Å²) in [6, 6.07) is 12.5. The number of benzene rings is 2. The Morgan fingerprint density at radius 1 is 0.897 bits per heavy atom. The van der Waals surface area contributed by atoms with E-state index in [4.69, 9.17) is 18.9 Å². The molecule has 156 valence electrons. The molecule has 0 aliphatic carbocycles. The van der Waals surface area contributed by atoms with Crippen LogP contribution in [0, 0.1) is 0 Å². The molecular weight excluding hydrogens is 374 g/mol. The molecule has 2 rings (SSSR count). The average molecular weight is 401 g/mol. The largest absolute Gasteiger partial charge is 0.493 e. The number of esters is 1. The highest BCUT2D eigenvalue weighted by Crippen LogP contribution is 2.29. The van der Waals surface area contributed by atoms with Gasteiger partial charge in [-0.15, -0.1) is 0 Å². The van der Waals surface area contributed by atoms with E-state index in [-0.39, 0.29) is 12.0 Å². The molecule has 7 heteroatoms.